The maximum absolute atomic E-state index is 10.7. The molecule has 0 aliphatic heterocycles. The predicted molar refractivity (Wildman–Crippen MR) is 67.1 cm³/mol. The largest absolute Gasteiger partial charge is 0.460 e. The number of anilines is 1. The molecule has 17 heavy (non-hydrogen) atoms. The number of aliphatic hydroxyl groups excluding tert-OH is 1. The summed E-state index contributed by atoms with van der Waals surface area (Å²) in [6.07, 6.45) is 0.273. The highest BCUT2D eigenvalue weighted by Crippen LogP contribution is 2.14. The van der Waals surface area contributed by atoms with Gasteiger partial charge in [0, 0.05) is 23.3 Å². The van der Waals surface area contributed by atoms with E-state index in [0.29, 0.717) is 5.02 Å². The van der Waals surface area contributed by atoms with E-state index in [9.17, 15) is 9.90 Å². The van der Waals surface area contributed by atoms with Crippen LogP contribution < -0.4 is 5.32 Å². The molecule has 4 nitrogen and oxygen atoms in total. The second-order valence-corrected chi connectivity index (χ2v) is 3.82. The first-order chi connectivity index (χ1) is 8.11. The summed E-state index contributed by atoms with van der Waals surface area (Å²) < 4.78 is 4.69. The van der Waals surface area contributed by atoms with Crippen LogP contribution in [0.3, 0.4) is 0 Å². The number of rotatable bonds is 6. The Morgan fingerprint density at radius 3 is 3.06 bits per heavy atom. The van der Waals surface area contributed by atoms with Crippen molar-refractivity contribution in [3.8, 4) is 0 Å². The van der Waals surface area contributed by atoms with Crippen molar-refractivity contribution in [1.29, 1.82) is 0 Å². The molecular formula is C12H14ClNO3. The average Bonchev–Trinajstić information content (AvgIpc) is 2.33. The quantitative estimate of drug-likeness (QED) is 0.602. The van der Waals surface area contributed by atoms with Crippen LogP contribution in [0.2, 0.25) is 5.02 Å². The molecular weight excluding hydrogens is 242 g/mol. The van der Waals surface area contributed by atoms with Crippen LogP contribution in [0.1, 0.15) is 0 Å². The second-order valence-electron chi connectivity index (χ2n) is 3.38. The van der Waals surface area contributed by atoms with Crippen molar-refractivity contribution >= 4 is 23.3 Å². The molecule has 0 saturated carbocycles. The minimum absolute atomic E-state index is 0.0710. The molecule has 2 N–H and O–H groups in total. The lowest BCUT2D eigenvalue weighted by Crippen LogP contribution is -2.25. The van der Waals surface area contributed by atoms with E-state index in [2.05, 4.69) is 11.9 Å². The maximum Gasteiger partial charge on any atom is 0.330 e. The molecule has 0 bridgehead atoms. The SMILES string of the molecule is C=CC(=O)OCC(O)CNc1cccc(Cl)c1. The van der Waals surface area contributed by atoms with Crippen LogP contribution in [0.5, 0.6) is 0 Å². The van der Waals surface area contributed by atoms with Gasteiger partial charge in [0.2, 0.25) is 0 Å². The van der Waals surface area contributed by atoms with Crippen molar-refractivity contribution < 1.29 is 14.6 Å². The van der Waals surface area contributed by atoms with Crippen LogP contribution >= 0.6 is 11.6 Å². The Hall–Kier alpha value is -1.52. The number of esters is 1. The fourth-order valence-corrected chi connectivity index (χ4v) is 1.32. The molecule has 0 aliphatic rings. The van der Waals surface area contributed by atoms with Gasteiger partial charge in [-0.25, -0.2) is 4.79 Å². The summed E-state index contributed by atoms with van der Waals surface area (Å²) >= 11 is 5.80. The van der Waals surface area contributed by atoms with Gasteiger partial charge in [-0.15, -0.1) is 0 Å². The van der Waals surface area contributed by atoms with Gasteiger partial charge in [-0.3, -0.25) is 0 Å². The molecule has 0 heterocycles. The summed E-state index contributed by atoms with van der Waals surface area (Å²) in [7, 11) is 0. The Labute approximate surface area is 105 Å². The number of nitrogens with one attached hydrogen (secondary N) is 1. The third-order valence-corrected chi connectivity index (χ3v) is 2.19. The van der Waals surface area contributed by atoms with Crippen molar-refractivity contribution in [2.45, 2.75) is 6.10 Å². The third-order valence-electron chi connectivity index (χ3n) is 1.95. The highest BCUT2D eigenvalue weighted by atomic mass is 35.5. The van der Waals surface area contributed by atoms with Crippen molar-refractivity contribution in [3.05, 3.63) is 41.9 Å². The molecule has 1 aromatic carbocycles. The normalized spacial score (nSPS) is 11.6. The van der Waals surface area contributed by atoms with Gasteiger partial charge in [0.15, 0.2) is 0 Å². The maximum atomic E-state index is 10.7. The minimum Gasteiger partial charge on any atom is -0.460 e. The molecule has 0 spiro atoms. The smallest absolute Gasteiger partial charge is 0.330 e. The summed E-state index contributed by atoms with van der Waals surface area (Å²) in [5, 5.41) is 13.1. The number of carbonyl (C=O) groups is 1. The lowest BCUT2D eigenvalue weighted by atomic mass is 10.3. The molecule has 1 rings (SSSR count). The highest BCUT2D eigenvalue weighted by molar-refractivity contribution is 6.30. The van der Waals surface area contributed by atoms with E-state index in [4.69, 9.17) is 16.3 Å². The topological polar surface area (TPSA) is 58.6 Å². The molecule has 0 radical (unpaired) electrons. The number of halogens is 1. The van der Waals surface area contributed by atoms with Crippen molar-refractivity contribution in [1.82, 2.24) is 0 Å². The Morgan fingerprint density at radius 1 is 1.65 bits per heavy atom. The van der Waals surface area contributed by atoms with Gasteiger partial charge in [-0.1, -0.05) is 24.2 Å². The summed E-state index contributed by atoms with van der Waals surface area (Å²) in [5.41, 5.74) is 0.798. The first-order valence-electron chi connectivity index (χ1n) is 5.08. The Bertz CT molecular complexity index is 395. The molecule has 1 unspecified atom stereocenters. The van der Waals surface area contributed by atoms with Gasteiger partial charge in [-0.05, 0) is 18.2 Å². The van der Waals surface area contributed by atoms with Gasteiger partial charge >= 0.3 is 5.97 Å². The monoisotopic (exact) mass is 255 g/mol. The standard InChI is InChI=1S/C12H14ClNO3/c1-2-12(16)17-8-11(15)7-14-10-5-3-4-9(13)6-10/h2-6,11,14-15H,1,7-8H2. The summed E-state index contributed by atoms with van der Waals surface area (Å²) in [5.74, 6) is -0.549. The summed E-state index contributed by atoms with van der Waals surface area (Å²) in [6, 6.07) is 7.13. The number of ether oxygens (including phenoxy) is 1. The van der Waals surface area contributed by atoms with Crippen LogP contribution in [-0.2, 0) is 9.53 Å². The average molecular weight is 256 g/mol. The molecule has 5 heteroatoms. The molecule has 0 amide bonds. The van der Waals surface area contributed by atoms with Gasteiger partial charge in [0.05, 0.1) is 0 Å². The highest BCUT2D eigenvalue weighted by Gasteiger charge is 2.06. The molecule has 0 aromatic heterocycles. The fourth-order valence-electron chi connectivity index (χ4n) is 1.13. The van der Waals surface area contributed by atoms with Gasteiger partial charge in [0.1, 0.15) is 12.7 Å². The van der Waals surface area contributed by atoms with Crippen LogP contribution in [-0.4, -0.2) is 30.3 Å². The Balaban J connectivity index is 2.30. The molecule has 0 fully saturated rings. The van der Waals surface area contributed by atoms with E-state index >= 15 is 0 Å². The predicted octanol–water partition coefficient (Wildman–Crippen LogP) is 1.84. The Morgan fingerprint density at radius 2 is 2.41 bits per heavy atom. The van der Waals surface area contributed by atoms with Gasteiger partial charge in [-0.2, -0.15) is 0 Å². The van der Waals surface area contributed by atoms with Crippen molar-refractivity contribution in [3.63, 3.8) is 0 Å². The molecule has 1 aromatic rings. The van der Waals surface area contributed by atoms with E-state index in [-0.39, 0.29) is 13.2 Å². The molecule has 1 atom stereocenters. The number of carbonyl (C=O) groups excluding carboxylic acids is 1. The van der Waals surface area contributed by atoms with E-state index in [0.717, 1.165) is 11.8 Å². The zero-order chi connectivity index (χ0) is 12.7. The van der Waals surface area contributed by atoms with Crippen LogP contribution in [0, 0.1) is 0 Å². The zero-order valence-electron chi connectivity index (χ0n) is 9.23. The van der Waals surface area contributed by atoms with Gasteiger partial charge in [0.25, 0.3) is 0 Å². The Kier molecular flexibility index (Phi) is 5.52. The lowest BCUT2D eigenvalue weighted by Gasteiger charge is -2.12. The van der Waals surface area contributed by atoms with Gasteiger partial charge < -0.3 is 15.2 Å². The van der Waals surface area contributed by atoms with E-state index < -0.39 is 12.1 Å². The first-order valence-corrected chi connectivity index (χ1v) is 5.46. The summed E-state index contributed by atoms with van der Waals surface area (Å²) in [4.78, 5) is 10.7. The zero-order valence-corrected chi connectivity index (χ0v) is 9.98. The summed E-state index contributed by atoms with van der Waals surface area (Å²) in [6.45, 7) is 3.45. The molecule has 0 saturated heterocycles. The third kappa shape index (κ3) is 5.38. The lowest BCUT2D eigenvalue weighted by molar-refractivity contribution is -0.140. The minimum atomic E-state index is -0.780. The molecule has 92 valence electrons. The van der Waals surface area contributed by atoms with E-state index in [1.54, 1.807) is 18.2 Å². The van der Waals surface area contributed by atoms with Crippen LogP contribution in [0.25, 0.3) is 0 Å². The van der Waals surface area contributed by atoms with E-state index in [1.807, 2.05) is 6.07 Å². The number of hydrogen-bond donors (Lipinski definition) is 2. The van der Waals surface area contributed by atoms with Crippen molar-refractivity contribution in [2.24, 2.45) is 0 Å². The molecule has 0 aliphatic carbocycles. The first kappa shape index (κ1) is 13.5. The second kappa shape index (κ2) is 6.93. The number of hydrogen-bond acceptors (Lipinski definition) is 4. The van der Waals surface area contributed by atoms with E-state index in [1.165, 1.54) is 0 Å². The number of benzene rings is 1. The van der Waals surface area contributed by atoms with Crippen molar-refractivity contribution in [2.75, 3.05) is 18.5 Å². The van der Waals surface area contributed by atoms with Crippen LogP contribution in [0.4, 0.5) is 5.69 Å². The number of aliphatic hydroxyl groups is 1. The fraction of sp³-hybridized carbons (Fsp3) is 0.250. The van der Waals surface area contributed by atoms with Crippen LogP contribution in [0.15, 0.2) is 36.9 Å².